The van der Waals surface area contributed by atoms with Crippen LogP contribution in [0.1, 0.15) is 0 Å². The Morgan fingerprint density at radius 3 is 3.00 bits per heavy atom. The molecule has 0 aromatic carbocycles. The summed E-state index contributed by atoms with van der Waals surface area (Å²) in [6, 6.07) is 0. The Bertz CT molecular complexity index is 248. The summed E-state index contributed by atoms with van der Waals surface area (Å²) in [7, 11) is 0. The second-order valence-corrected chi connectivity index (χ2v) is 3.54. The van der Waals surface area contributed by atoms with Crippen LogP contribution in [0.15, 0.2) is 5.38 Å². The van der Waals surface area contributed by atoms with Gasteiger partial charge in [0, 0.05) is 18.5 Å². The van der Waals surface area contributed by atoms with Crippen molar-refractivity contribution in [3.05, 3.63) is 10.5 Å². The van der Waals surface area contributed by atoms with E-state index in [1.807, 2.05) is 0 Å². The summed E-state index contributed by atoms with van der Waals surface area (Å²) >= 11 is 7.04. The average molecular weight is 191 g/mol. The van der Waals surface area contributed by atoms with Crippen molar-refractivity contribution in [3.8, 4) is 5.19 Å². The van der Waals surface area contributed by atoms with Crippen molar-refractivity contribution in [2.75, 3.05) is 13.1 Å². The summed E-state index contributed by atoms with van der Waals surface area (Å²) in [5.74, 6) is 0. The van der Waals surface area contributed by atoms with Crippen LogP contribution in [0.3, 0.4) is 0 Å². The third kappa shape index (κ3) is 1.64. The Morgan fingerprint density at radius 1 is 1.73 bits per heavy atom. The van der Waals surface area contributed by atoms with Gasteiger partial charge in [-0.2, -0.15) is 4.98 Å². The van der Waals surface area contributed by atoms with Crippen LogP contribution in [0, 0.1) is 0 Å². The van der Waals surface area contributed by atoms with Crippen LogP contribution in [0.5, 0.6) is 5.19 Å². The van der Waals surface area contributed by atoms with Crippen molar-refractivity contribution < 1.29 is 4.74 Å². The van der Waals surface area contributed by atoms with Crippen molar-refractivity contribution in [3.63, 3.8) is 0 Å². The molecule has 11 heavy (non-hydrogen) atoms. The molecule has 60 valence electrons. The summed E-state index contributed by atoms with van der Waals surface area (Å²) in [4.78, 5) is 3.97. The molecule has 0 bridgehead atoms. The number of aromatic nitrogens is 1. The molecule has 1 aliphatic heterocycles. The number of hydrogen-bond donors (Lipinski definition) is 1. The largest absolute Gasteiger partial charge is 0.464 e. The second kappa shape index (κ2) is 2.97. The van der Waals surface area contributed by atoms with Gasteiger partial charge in [0.2, 0.25) is 0 Å². The maximum Gasteiger partial charge on any atom is 0.274 e. The standard InChI is InChI=1S/C6H7ClN2OS/c7-5-3-11-6(9-5)10-4-1-8-2-4/h3-4,8H,1-2H2. The molecule has 1 aliphatic rings. The predicted molar refractivity (Wildman–Crippen MR) is 44.4 cm³/mol. The third-order valence-corrected chi connectivity index (χ3v) is 2.52. The first-order chi connectivity index (χ1) is 5.34. The number of hydrogen-bond acceptors (Lipinski definition) is 4. The lowest BCUT2D eigenvalue weighted by Gasteiger charge is -2.26. The van der Waals surface area contributed by atoms with Crippen molar-refractivity contribution in [2.24, 2.45) is 0 Å². The van der Waals surface area contributed by atoms with Gasteiger partial charge in [-0.15, -0.1) is 0 Å². The number of nitrogens with zero attached hydrogens (tertiary/aromatic N) is 1. The molecule has 1 saturated heterocycles. The predicted octanol–water partition coefficient (Wildman–Crippen LogP) is 1.15. The Morgan fingerprint density at radius 2 is 2.55 bits per heavy atom. The van der Waals surface area contributed by atoms with Crippen LogP contribution in [-0.2, 0) is 0 Å². The van der Waals surface area contributed by atoms with E-state index in [0.717, 1.165) is 13.1 Å². The minimum absolute atomic E-state index is 0.289. The Kier molecular flexibility index (Phi) is 1.98. The van der Waals surface area contributed by atoms with E-state index < -0.39 is 0 Å². The number of rotatable bonds is 2. The number of halogens is 1. The molecule has 1 N–H and O–H groups in total. The van der Waals surface area contributed by atoms with Crippen LogP contribution in [0.25, 0.3) is 0 Å². The lowest BCUT2D eigenvalue weighted by atomic mass is 10.2. The molecule has 0 unspecified atom stereocenters. The fourth-order valence-corrected chi connectivity index (χ4v) is 1.64. The molecule has 2 rings (SSSR count). The highest BCUT2D eigenvalue weighted by atomic mass is 35.5. The molecule has 0 amide bonds. The molecule has 0 radical (unpaired) electrons. The number of ether oxygens (including phenoxy) is 1. The first-order valence-electron chi connectivity index (χ1n) is 3.33. The van der Waals surface area contributed by atoms with E-state index in [0.29, 0.717) is 10.3 Å². The number of thiazole rings is 1. The van der Waals surface area contributed by atoms with Crippen molar-refractivity contribution in [2.45, 2.75) is 6.10 Å². The van der Waals surface area contributed by atoms with Gasteiger partial charge in [0.05, 0.1) is 0 Å². The van der Waals surface area contributed by atoms with E-state index in [1.54, 1.807) is 5.38 Å². The zero-order valence-electron chi connectivity index (χ0n) is 5.71. The zero-order chi connectivity index (χ0) is 7.68. The van der Waals surface area contributed by atoms with Gasteiger partial charge >= 0.3 is 0 Å². The van der Waals surface area contributed by atoms with Crippen LogP contribution in [-0.4, -0.2) is 24.2 Å². The fourth-order valence-electron chi connectivity index (χ4n) is 0.781. The minimum Gasteiger partial charge on any atom is -0.464 e. The van der Waals surface area contributed by atoms with Crippen LogP contribution in [0.2, 0.25) is 5.15 Å². The molecule has 0 saturated carbocycles. The summed E-state index contributed by atoms with van der Waals surface area (Å²) in [6.07, 6.45) is 0.289. The van der Waals surface area contributed by atoms with Gasteiger partial charge in [0.15, 0.2) is 0 Å². The monoisotopic (exact) mass is 190 g/mol. The highest BCUT2D eigenvalue weighted by Gasteiger charge is 2.19. The van der Waals surface area contributed by atoms with E-state index in [4.69, 9.17) is 16.3 Å². The van der Waals surface area contributed by atoms with Gasteiger partial charge in [-0.05, 0) is 0 Å². The summed E-state index contributed by atoms with van der Waals surface area (Å²) in [5, 5.41) is 6.05. The minimum atomic E-state index is 0.289. The van der Waals surface area contributed by atoms with E-state index in [1.165, 1.54) is 11.3 Å². The molecule has 3 nitrogen and oxygen atoms in total. The first-order valence-corrected chi connectivity index (χ1v) is 4.59. The maximum absolute atomic E-state index is 5.61. The van der Waals surface area contributed by atoms with E-state index in [9.17, 15) is 0 Å². The van der Waals surface area contributed by atoms with Gasteiger partial charge in [-0.1, -0.05) is 22.9 Å². The lowest BCUT2D eigenvalue weighted by molar-refractivity contribution is 0.142. The molecule has 0 aliphatic carbocycles. The van der Waals surface area contributed by atoms with E-state index in [2.05, 4.69) is 10.3 Å². The Labute approximate surface area is 73.3 Å². The smallest absolute Gasteiger partial charge is 0.274 e. The van der Waals surface area contributed by atoms with E-state index >= 15 is 0 Å². The number of nitrogens with one attached hydrogen (secondary N) is 1. The van der Waals surface area contributed by atoms with E-state index in [-0.39, 0.29) is 6.10 Å². The molecule has 0 spiro atoms. The quantitative estimate of drug-likeness (QED) is 0.760. The summed E-state index contributed by atoms with van der Waals surface area (Å²) in [5.41, 5.74) is 0. The molecule has 2 heterocycles. The van der Waals surface area contributed by atoms with Crippen LogP contribution < -0.4 is 10.1 Å². The molecule has 1 fully saturated rings. The van der Waals surface area contributed by atoms with Gasteiger partial charge in [-0.3, -0.25) is 0 Å². The topological polar surface area (TPSA) is 34.1 Å². The fraction of sp³-hybridized carbons (Fsp3) is 0.500. The Balaban J connectivity index is 1.95. The maximum atomic E-state index is 5.61. The van der Waals surface area contributed by atoms with Crippen molar-refractivity contribution in [1.82, 2.24) is 10.3 Å². The highest BCUT2D eigenvalue weighted by Crippen LogP contribution is 2.22. The highest BCUT2D eigenvalue weighted by molar-refractivity contribution is 7.11. The molecule has 1 aromatic heterocycles. The van der Waals surface area contributed by atoms with Crippen LogP contribution in [0.4, 0.5) is 0 Å². The first kappa shape index (κ1) is 7.34. The molecule has 1 aromatic rings. The van der Waals surface area contributed by atoms with Gasteiger partial charge in [-0.25, -0.2) is 0 Å². The van der Waals surface area contributed by atoms with Gasteiger partial charge < -0.3 is 10.1 Å². The normalized spacial score (nSPS) is 17.9. The van der Waals surface area contributed by atoms with Gasteiger partial charge in [0.1, 0.15) is 11.3 Å². The second-order valence-electron chi connectivity index (χ2n) is 2.33. The molecular formula is C6H7ClN2OS. The third-order valence-electron chi connectivity index (χ3n) is 1.47. The lowest BCUT2D eigenvalue weighted by Crippen LogP contribution is -2.50. The Hall–Kier alpha value is -0.320. The summed E-state index contributed by atoms with van der Waals surface area (Å²) < 4.78 is 5.43. The molecular weight excluding hydrogens is 184 g/mol. The van der Waals surface area contributed by atoms with Gasteiger partial charge in [0.25, 0.3) is 5.19 Å². The average Bonchev–Trinajstić information content (AvgIpc) is 2.27. The molecule has 0 atom stereocenters. The van der Waals surface area contributed by atoms with Crippen molar-refractivity contribution in [1.29, 1.82) is 0 Å². The summed E-state index contributed by atoms with van der Waals surface area (Å²) in [6.45, 7) is 1.83. The SMILES string of the molecule is Clc1csc(OC2CNC2)n1. The van der Waals surface area contributed by atoms with Crippen molar-refractivity contribution >= 4 is 22.9 Å². The molecule has 5 heteroatoms. The zero-order valence-corrected chi connectivity index (χ0v) is 7.28. The van der Waals surface area contributed by atoms with Crippen LogP contribution >= 0.6 is 22.9 Å².